The van der Waals surface area contributed by atoms with Gasteiger partial charge in [0.2, 0.25) is 3.79 Å². The molecular weight excluding hydrogens is 287 g/mol. The van der Waals surface area contributed by atoms with Crippen LogP contribution >= 0.6 is 34.8 Å². The van der Waals surface area contributed by atoms with Crippen LogP contribution in [0.4, 0.5) is 0 Å². The molecule has 0 saturated carbocycles. The fraction of sp³-hybridized carbons (Fsp3) is 0.200. The van der Waals surface area contributed by atoms with Crippen molar-refractivity contribution in [3.63, 3.8) is 0 Å². The predicted octanol–water partition coefficient (Wildman–Crippen LogP) is 5.36. The Labute approximate surface area is 122 Å². The van der Waals surface area contributed by atoms with Crippen molar-refractivity contribution >= 4 is 34.8 Å². The Morgan fingerprint density at radius 1 is 0.667 bits per heavy atom. The molecular formula is C15H13Cl3. The number of alkyl halides is 3. The van der Waals surface area contributed by atoms with Gasteiger partial charge in [-0.1, -0.05) is 95.5 Å². The Balaban J connectivity index is 2.63. The summed E-state index contributed by atoms with van der Waals surface area (Å²) in [7, 11) is 0. The van der Waals surface area contributed by atoms with Crippen molar-refractivity contribution in [3.05, 3.63) is 71.8 Å². The lowest BCUT2D eigenvalue weighted by Crippen LogP contribution is -2.38. The van der Waals surface area contributed by atoms with Crippen LogP contribution in [0.25, 0.3) is 0 Å². The lowest BCUT2D eigenvalue weighted by Gasteiger charge is -2.37. The molecule has 0 unspecified atom stereocenters. The Morgan fingerprint density at radius 3 is 1.28 bits per heavy atom. The molecule has 0 amide bonds. The van der Waals surface area contributed by atoms with E-state index in [4.69, 9.17) is 34.8 Å². The number of hydrogen-bond donors (Lipinski definition) is 0. The minimum absolute atomic E-state index is 0.680. The monoisotopic (exact) mass is 298 g/mol. The second kappa shape index (κ2) is 5.13. The molecule has 3 heteroatoms. The molecule has 0 aromatic heterocycles. The van der Waals surface area contributed by atoms with Crippen molar-refractivity contribution in [1.29, 1.82) is 0 Å². The maximum Gasteiger partial charge on any atom is 0.203 e. The highest BCUT2D eigenvalue weighted by molar-refractivity contribution is 6.68. The van der Waals surface area contributed by atoms with E-state index in [1.165, 1.54) is 0 Å². The maximum absolute atomic E-state index is 6.24. The van der Waals surface area contributed by atoms with Gasteiger partial charge in [0.1, 0.15) is 0 Å². The average molecular weight is 300 g/mol. The largest absolute Gasteiger partial charge is 0.203 e. The lowest BCUT2D eigenvalue weighted by atomic mass is 9.77. The SMILES string of the molecule is CC(c1ccccc1)(c1ccccc1)C(Cl)(Cl)Cl. The van der Waals surface area contributed by atoms with E-state index in [1.807, 2.05) is 67.6 Å². The standard InChI is InChI=1S/C15H13Cl3/c1-14(15(16,17)18,12-8-4-2-5-9-12)13-10-6-3-7-11-13/h2-11H,1H3. The van der Waals surface area contributed by atoms with E-state index in [2.05, 4.69) is 0 Å². The van der Waals surface area contributed by atoms with Gasteiger partial charge < -0.3 is 0 Å². The summed E-state index contributed by atoms with van der Waals surface area (Å²) < 4.78 is -1.42. The molecule has 0 atom stereocenters. The van der Waals surface area contributed by atoms with Gasteiger partial charge in [0.25, 0.3) is 0 Å². The third-order valence-electron chi connectivity index (χ3n) is 3.27. The minimum atomic E-state index is -1.42. The van der Waals surface area contributed by atoms with Crippen molar-refractivity contribution in [1.82, 2.24) is 0 Å². The van der Waals surface area contributed by atoms with Crippen LogP contribution in [0.2, 0.25) is 0 Å². The Morgan fingerprint density at radius 2 is 1.00 bits per heavy atom. The second-order valence-corrected chi connectivity index (χ2v) is 6.64. The zero-order valence-corrected chi connectivity index (χ0v) is 12.2. The summed E-state index contributed by atoms with van der Waals surface area (Å²) in [4.78, 5) is 0. The van der Waals surface area contributed by atoms with E-state index in [1.54, 1.807) is 0 Å². The Kier molecular flexibility index (Phi) is 3.91. The first-order valence-electron chi connectivity index (χ1n) is 5.64. The van der Waals surface area contributed by atoms with Crippen LogP contribution in [0.5, 0.6) is 0 Å². The molecule has 0 spiro atoms. The van der Waals surface area contributed by atoms with E-state index in [0.29, 0.717) is 0 Å². The third-order valence-corrected chi connectivity index (χ3v) is 4.40. The van der Waals surface area contributed by atoms with Crippen molar-refractivity contribution in [3.8, 4) is 0 Å². The van der Waals surface area contributed by atoms with Crippen molar-refractivity contribution < 1.29 is 0 Å². The van der Waals surface area contributed by atoms with Crippen molar-refractivity contribution in [2.75, 3.05) is 0 Å². The molecule has 0 aliphatic carbocycles. The summed E-state index contributed by atoms with van der Waals surface area (Å²) in [5, 5.41) is 0. The molecule has 0 nitrogen and oxygen atoms in total. The first-order chi connectivity index (χ1) is 8.46. The minimum Gasteiger partial charge on any atom is -0.0823 e. The molecule has 2 aromatic rings. The number of benzene rings is 2. The summed E-state index contributed by atoms with van der Waals surface area (Å²) in [6.45, 7) is 1.95. The van der Waals surface area contributed by atoms with Gasteiger partial charge in [-0.2, -0.15) is 0 Å². The van der Waals surface area contributed by atoms with Crippen LogP contribution < -0.4 is 0 Å². The molecule has 0 aliphatic rings. The molecule has 0 fully saturated rings. The van der Waals surface area contributed by atoms with Crippen LogP contribution in [-0.4, -0.2) is 3.79 Å². The molecule has 0 N–H and O–H groups in total. The lowest BCUT2D eigenvalue weighted by molar-refractivity contribution is 0.585. The van der Waals surface area contributed by atoms with Gasteiger partial charge in [-0.05, 0) is 18.1 Å². The first kappa shape index (κ1) is 13.7. The van der Waals surface area contributed by atoms with E-state index in [0.717, 1.165) is 11.1 Å². The third kappa shape index (κ3) is 2.38. The van der Waals surface area contributed by atoms with Gasteiger partial charge in [0, 0.05) is 0 Å². The molecule has 0 saturated heterocycles. The molecule has 0 bridgehead atoms. The first-order valence-corrected chi connectivity index (χ1v) is 6.77. The van der Waals surface area contributed by atoms with E-state index in [9.17, 15) is 0 Å². The van der Waals surface area contributed by atoms with E-state index < -0.39 is 9.21 Å². The van der Waals surface area contributed by atoms with Gasteiger partial charge in [-0.3, -0.25) is 0 Å². The Bertz CT molecular complexity index is 461. The zero-order chi connectivity index (χ0) is 13.2. The van der Waals surface area contributed by atoms with E-state index in [-0.39, 0.29) is 0 Å². The van der Waals surface area contributed by atoms with Crippen molar-refractivity contribution in [2.45, 2.75) is 16.1 Å². The highest BCUT2D eigenvalue weighted by Crippen LogP contribution is 2.50. The quantitative estimate of drug-likeness (QED) is 0.655. The summed E-state index contributed by atoms with van der Waals surface area (Å²) in [5.41, 5.74) is 1.28. The van der Waals surface area contributed by atoms with Gasteiger partial charge in [0.05, 0.1) is 5.41 Å². The second-order valence-electron chi connectivity index (χ2n) is 4.35. The highest BCUT2D eigenvalue weighted by atomic mass is 35.6. The van der Waals surface area contributed by atoms with Gasteiger partial charge in [-0.15, -0.1) is 0 Å². The molecule has 94 valence electrons. The summed E-state index contributed by atoms with van der Waals surface area (Å²) in [6, 6.07) is 19.6. The maximum atomic E-state index is 6.24. The normalized spacial score (nSPS) is 12.4. The number of hydrogen-bond acceptors (Lipinski definition) is 0. The topological polar surface area (TPSA) is 0 Å². The van der Waals surface area contributed by atoms with Crippen LogP contribution in [-0.2, 0) is 5.41 Å². The van der Waals surface area contributed by atoms with E-state index >= 15 is 0 Å². The highest BCUT2D eigenvalue weighted by Gasteiger charge is 2.47. The number of halogens is 3. The smallest absolute Gasteiger partial charge is 0.0823 e. The van der Waals surface area contributed by atoms with Crippen LogP contribution in [0.3, 0.4) is 0 Å². The fourth-order valence-corrected chi connectivity index (χ4v) is 2.69. The molecule has 0 heterocycles. The molecule has 2 rings (SSSR count). The molecule has 2 aromatic carbocycles. The Hall–Kier alpha value is -0.690. The fourth-order valence-electron chi connectivity index (χ4n) is 2.04. The van der Waals surface area contributed by atoms with Gasteiger partial charge in [0.15, 0.2) is 0 Å². The molecule has 0 radical (unpaired) electrons. The summed E-state index contributed by atoms with van der Waals surface area (Å²) in [5.74, 6) is 0. The van der Waals surface area contributed by atoms with Gasteiger partial charge >= 0.3 is 0 Å². The van der Waals surface area contributed by atoms with Gasteiger partial charge in [-0.25, -0.2) is 0 Å². The predicted molar refractivity (Wildman–Crippen MR) is 79.6 cm³/mol. The van der Waals surface area contributed by atoms with Crippen LogP contribution in [0.1, 0.15) is 18.1 Å². The van der Waals surface area contributed by atoms with Crippen LogP contribution in [0, 0.1) is 0 Å². The van der Waals surface area contributed by atoms with Crippen LogP contribution in [0.15, 0.2) is 60.7 Å². The summed E-state index contributed by atoms with van der Waals surface area (Å²) in [6.07, 6.45) is 0. The van der Waals surface area contributed by atoms with Crippen molar-refractivity contribution in [2.24, 2.45) is 0 Å². The molecule has 18 heavy (non-hydrogen) atoms. The molecule has 0 aliphatic heterocycles. The summed E-state index contributed by atoms with van der Waals surface area (Å²) >= 11 is 18.7. The zero-order valence-electron chi connectivity index (χ0n) is 9.91. The number of rotatable bonds is 2. The average Bonchev–Trinajstić information content (AvgIpc) is 2.38.